The van der Waals surface area contributed by atoms with E-state index in [1.165, 1.54) is 0 Å². The number of thiol groups is 1. The van der Waals surface area contributed by atoms with Gasteiger partial charge in [-0.3, -0.25) is 4.79 Å². The Morgan fingerprint density at radius 2 is 2.40 bits per heavy atom. The van der Waals surface area contributed by atoms with Gasteiger partial charge in [-0.05, 0) is 24.1 Å². The molecule has 4 heteroatoms. The molecule has 1 unspecified atom stereocenters. The predicted octanol–water partition coefficient (Wildman–Crippen LogP) is 2.16. The number of carbonyl (C=O) groups is 1. The summed E-state index contributed by atoms with van der Waals surface area (Å²) in [6.07, 6.45) is 2.11. The Kier molecular flexibility index (Phi) is 3.16. The van der Waals surface area contributed by atoms with E-state index in [9.17, 15) is 4.79 Å². The molecule has 0 saturated carbocycles. The highest BCUT2D eigenvalue weighted by atomic mass is 32.1. The third-order valence-corrected chi connectivity index (χ3v) is 2.65. The van der Waals surface area contributed by atoms with Crippen LogP contribution in [0.15, 0.2) is 24.3 Å². The van der Waals surface area contributed by atoms with Gasteiger partial charge in [0.15, 0.2) is 0 Å². The minimum atomic E-state index is -0.0957. The Hall–Kier alpha value is -1.16. The Labute approximate surface area is 94.0 Å². The maximum Gasteiger partial charge on any atom is 0.306 e. The molecule has 0 aromatic heterocycles. The molecule has 0 bridgehead atoms. The van der Waals surface area contributed by atoms with Crippen molar-refractivity contribution in [2.24, 2.45) is 0 Å². The fraction of sp³-hybridized carbons (Fsp3) is 0.364. The quantitative estimate of drug-likeness (QED) is 0.485. The van der Waals surface area contributed by atoms with Gasteiger partial charge in [-0.15, -0.1) is 0 Å². The van der Waals surface area contributed by atoms with Crippen molar-refractivity contribution in [2.45, 2.75) is 25.4 Å². The van der Waals surface area contributed by atoms with Crippen LogP contribution in [0, 0.1) is 0 Å². The van der Waals surface area contributed by atoms with Gasteiger partial charge in [0.2, 0.25) is 0 Å². The molecular formula is C11H12O3S. The van der Waals surface area contributed by atoms with Crippen LogP contribution in [-0.4, -0.2) is 12.1 Å². The lowest BCUT2D eigenvalue weighted by Gasteiger charge is -2.09. The van der Waals surface area contributed by atoms with Crippen molar-refractivity contribution < 1.29 is 13.7 Å². The first-order valence-electron chi connectivity index (χ1n) is 4.88. The monoisotopic (exact) mass is 224 g/mol. The second kappa shape index (κ2) is 4.57. The molecule has 1 aromatic rings. The standard InChI is InChI=1S/C11H12O3S/c12-11-5-4-9(13-11)6-8-2-1-3-10(7-8)14-15/h1-3,7,9,15H,4-6H2. The fourth-order valence-electron chi connectivity index (χ4n) is 1.72. The van der Waals surface area contributed by atoms with Crippen molar-refractivity contribution in [1.29, 1.82) is 0 Å². The number of benzene rings is 1. The zero-order valence-electron chi connectivity index (χ0n) is 8.18. The topological polar surface area (TPSA) is 35.5 Å². The van der Waals surface area contributed by atoms with Crippen molar-refractivity contribution in [2.75, 3.05) is 0 Å². The van der Waals surface area contributed by atoms with E-state index in [0.29, 0.717) is 12.2 Å². The third-order valence-electron chi connectivity index (χ3n) is 2.44. The van der Waals surface area contributed by atoms with Crippen molar-refractivity contribution >= 4 is 18.9 Å². The Morgan fingerprint density at radius 1 is 1.53 bits per heavy atom. The molecule has 1 aliphatic heterocycles. The average molecular weight is 224 g/mol. The lowest BCUT2D eigenvalue weighted by Crippen LogP contribution is -2.10. The maximum absolute atomic E-state index is 10.9. The summed E-state index contributed by atoms with van der Waals surface area (Å²) in [5.41, 5.74) is 1.10. The summed E-state index contributed by atoms with van der Waals surface area (Å²) in [7, 11) is 0. The van der Waals surface area contributed by atoms with Gasteiger partial charge in [0.05, 0.1) is 0 Å². The molecule has 1 heterocycles. The highest BCUT2D eigenvalue weighted by Gasteiger charge is 2.23. The highest BCUT2D eigenvalue weighted by molar-refractivity contribution is 7.75. The number of cyclic esters (lactones) is 1. The van der Waals surface area contributed by atoms with Gasteiger partial charge in [0.25, 0.3) is 0 Å². The van der Waals surface area contributed by atoms with Gasteiger partial charge in [0.1, 0.15) is 11.9 Å². The molecule has 0 radical (unpaired) electrons. The molecule has 1 aromatic carbocycles. The molecule has 15 heavy (non-hydrogen) atoms. The van der Waals surface area contributed by atoms with Gasteiger partial charge in [-0.25, -0.2) is 0 Å². The molecule has 1 aliphatic rings. The van der Waals surface area contributed by atoms with Crippen molar-refractivity contribution in [3.8, 4) is 5.75 Å². The van der Waals surface area contributed by atoms with Gasteiger partial charge < -0.3 is 8.92 Å². The highest BCUT2D eigenvalue weighted by Crippen LogP contribution is 2.21. The Morgan fingerprint density at radius 3 is 3.07 bits per heavy atom. The average Bonchev–Trinajstić information content (AvgIpc) is 2.64. The first-order valence-corrected chi connectivity index (χ1v) is 5.24. The van der Waals surface area contributed by atoms with E-state index in [2.05, 4.69) is 12.9 Å². The van der Waals surface area contributed by atoms with E-state index in [-0.39, 0.29) is 12.1 Å². The number of hydrogen-bond acceptors (Lipinski definition) is 4. The summed E-state index contributed by atoms with van der Waals surface area (Å²) in [4.78, 5) is 10.9. The zero-order valence-corrected chi connectivity index (χ0v) is 9.07. The molecule has 0 spiro atoms. The smallest absolute Gasteiger partial charge is 0.306 e. The number of rotatable bonds is 3. The van der Waals surface area contributed by atoms with Gasteiger partial charge in [-0.1, -0.05) is 12.1 Å². The normalized spacial score (nSPS) is 20.1. The fourth-order valence-corrected chi connectivity index (χ4v) is 1.83. The van der Waals surface area contributed by atoms with Gasteiger partial charge >= 0.3 is 5.97 Å². The first-order chi connectivity index (χ1) is 7.28. The molecule has 1 atom stereocenters. The summed E-state index contributed by atoms with van der Waals surface area (Å²) in [6, 6.07) is 7.62. The van der Waals surface area contributed by atoms with Crippen LogP contribution in [0.5, 0.6) is 5.75 Å². The summed E-state index contributed by atoms with van der Waals surface area (Å²) >= 11 is 3.74. The maximum atomic E-state index is 10.9. The number of esters is 1. The van der Waals surface area contributed by atoms with E-state index in [4.69, 9.17) is 8.92 Å². The molecule has 80 valence electrons. The molecule has 2 rings (SSSR count). The largest absolute Gasteiger partial charge is 0.462 e. The molecule has 0 amide bonds. The second-order valence-corrected chi connectivity index (χ2v) is 3.78. The third kappa shape index (κ3) is 2.65. The van der Waals surface area contributed by atoms with Crippen LogP contribution in [0.25, 0.3) is 0 Å². The van der Waals surface area contributed by atoms with Gasteiger partial charge in [0, 0.05) is 25.8 Å². The molecule has 1 fully saturated rings. The Bertz CT molecular complexity index is 365. The van der Waals surface area contributed by atoms with Crippen LogP contribution in [0.4, 0.5) is 0 Å². The van der Waals surface area contributed by atoms with Crippen LogP contribution >= 0.6 is 12.9 Å². The zero-order chi connectivity index (χ0) is 10.7. The number of carbonyl (C=O) groups excluding carboxylic acids is 1. The summed E-state index contributed by atoms with van der Waals surface area (Å²) in [5.74, 6) is 0.613. The predicted molar refractivity (Wildman–Crippen MR) is 58.9 cm³/mol. The van der Waals surface area contributed by atoms with Crippen LogP contribution in [0.2, 0.25) is 0 Å². The molecule has 0 aliphatic carbocycles. The lowest BCUT2D eigenvalue weighted by molar-refractivity contribution is -0.141. The molecule has 0 N–H and O–H groups in total. The van der Waals surface area contributed by atoms with E-state index in [1.54, 1.807) is 0 Å². The van der Waals surface area contributed by atoms with Gasteiger partial charge in [-0.2, -0.15) is 0 Å². The minimum absolute atomic E-state index is 0.0210. The minimum Gasteiger partial charge on any atom is -0.462 e. The lowest BCUT2D eigenvalue weighted by atomic mass is 10.1. The van der Waals surface area contributed by atoms with E-state index < -0.39 is 0 Å². The second-order valence-electron chi connectivity index (χ2n) is 3.59. The van der Waals surface area contributed by atoms with Crippen LogP contribution in [0.1, 0.15) is 18.4 Å². The van der Waals surface area contributed by atoms with Crippen LogP contribution < -0.4 is 4.18 Å². The van der Waals surface area contributed by atoms with Crippen molar-refractivity contribution in [1.82, 2.24) is 0 Å². The summed E-state index contributed by atoms with van der Waals surface area (Å²) < 4.78 is 9.97. The molecular weight excluding hydrogens is 212 g/mol. The first kappa shape index (κ1) is 10.4. The molecule has 3 nitrogen and oxygen atoms in total. The number of hydrogen-bond donors (Lipinski definition) is 1. The van der Waals surface area contributed by atoms with E-state index >= 15 is 0 Å². The van der Waals surface area contributed by atoms with E-state index in [1.807, 2.05) is 24.3 Å². The van der Waals surface area contributed by atoms with Crippen LogP contribution in [0.3, 0.4) is 0 Å². The van der Waals surface area contributed by atoms with Crippen LogP contribution in [-0.2, 0) is 16.0 Å². The summed E-state index contributed by atoms with van der Waals surface area (Å²) in [5, 5.41) is 0. The SMILES string of the molecule is O=C1CCC(Cc2cccc(OS)c2)O1. The number of ether oxygens (including phenoxy) is 1. The van der Waals surface area contributed by atoms with Crippen molar-refractivity contribution in [3.63, 3.8) is 0 Å². The van der Waals surface area contributed by atoms with Crippen molar-refractivity contribution in [3.05, 3.63) is 29.8 Å². The molecule has 1 saturated heterocycles. The Balaban J connectivity index is 2.01. The summed E-state index contributed by atoms with van der Waals surface area (Å²) in [6.45, 7) is 0. The van der Waals surface area contributed by atoms with E-state index in [0.717, 1.165) is 18.4 Å².